The maximum Gasteiger partial charge on any atom is 0.297 e. The van der Waals surface area contributed by atoms with E-state index < -0.39 is 40.9 Å². The highest BCUT2D eigenvalue weighted by atomic mass is 32.2. The highest BCUT2D eigenvalue weighted by molar-refractivity contribution is 7.86. The maximum absolute atomic E-state index is 13.2. The number of aromatic amines is 2. The normalized spacial score (nSPS) is 12.8. The highest BCUT2D eigenvalue weighted by Crippen LogP contribution is 2.30. The number of para-hydroxylation sites is 1. The van der Waals surface area contributed by atoms with Gasteiger partial charge in [-0.2, -0.15) is 16.8 Å². The monoisotopic (exact) mass is 472 g/mol. The molecule has 3 aromatic carbocycles. The lowest BCUT2D eigenvalue weighted by Gasteiger charge is -2.11. The second-order valence-electron chi connectivity index (χ2n) is 7.16. The summed E-state index contributed by atoms with van der Waals surface area (Å²) in [7, 11) is -9.59. The number of nitrogens with one attached hydrogen (secondary N) is 2. The van der Waals surface area contributed by atoms with Gasteiger partial charge in [-0.25, -0.2) is 0 Å². The summed E-state index contributed by atoms with van der Waals surface area (Å²) >= 11 is 0. The topological polar surface area (TPSA) is 174 Å². The lowest BCUT2D eigenvalue weighted by molar-refractivity contribution is 0.481. The Morgan fingerprint density at radius 1 is 0.656 bits per heavy atom. The summed E-state index contributed by atoms with van der Waals surface area (Å²) in [5.74, 6) is 0. The molecule has 10 nitrogen and oxygen atoms in total. The van der Waals surface area contributed by atoms with E-state index in [1.54, 1.807) is 18.2 Å². The Morgan fingerprint density at radius 3 is 2.03 bits per heavy atom. The van der Waals surface area contributed by atoms with Crippen molar-refractivity contribution in [1.82, 2.24) is 9.97 Å². The van der Waals surface area contributed by atoms with E-state index in [-0.39, 0.29) is 38.1 Å². The molecule has 0 unspecified atom stereocenters. The van der Waals surface area contributed by atoms with E-state index in [4.69, 9.17) is 0 Å². The van der Waals surface area contributed by atoms with Crippen molar-refractivity contribution >= 4 is 63.8 Å². The van der Waals surface area contributed by atoms with Crippen molar-refractivity contribution in [3.63, 3.8) is 0 Å². The Labute approximate surface area is 178 Å². The van der Waals surface area contributed by atoms with Crippen molar-refractivity contribution in [3.05, 3.63) is 69.0 Å². The van der Waals surface area contributed by atoms with Gasteiger partial charge in [-0.05, 0) is 36.4 Å². The van der Waals surface area contributed by atoms with Crippen LogP contribution in [0.2, 0.25) is 0 Å². The standard InChI is InChI=1S/C20H12N2O8S2/c23-18-11-7-9(31(25,26)27)5-6-14(11)22-17-12(18)8-15-16(20(17)32(28,29)30)19(24)10-3-1-2-4-13(10)21-15/h1-8H,(H,21,24)(H,22,23)(H,25,26,27)(H,28,29,30). The smallest absolute Gasteiger partial charge is 0.297 e. The zero-order valence-electron chi connectivity index (χ0n) is 15.8. The van der Waals surface area contributed by atoms with Crippen molar-refractivity contribution in [3.8, 4) is 0 Å². The number of hydrogen-bond donors (Lipinski definition) is 4. The minimum atomic E-state index is -4.99. The third kappa shape index (κ3) is 2.92. The van der Waals surface area contributed by atoms with Crippen molar-refractivity contribution in [2.24, 2.45) is 0 Å². The predicted molar refractivity (Wildman–Crippen MR) is 117 cm³/mol. The number of rotatable bonds is 2. The van der Waals surface area contributed by atoms with Gasteiger partial charge < -0.3 is 9.97 Å². The van der Waals surface area contributed by atoms with Crippen molar-refractivity contribution < 1.29 is 25.9 Å². The first-order valence-corrected chi connectivity index (χ1v) is 11.9. The summed E-state index contributed by atoms with van der Waals surface area (Å²) in [6.07, 6.45) is 0. The minimum Gasteiger partial charge on any atom is -0.354 e. The first-order valence-electron chi connectivity index (χ1n) is 8.99. The molecule has 5 rings (SSSR count). The van der Waals surface area contributed by atoms with E-state index in [1.165, 1.54) is 18.2 Å². The molecular weight excluding hydrogens is 460 g/mol. The van der Waals surface area contributed by atoms with E-state index in [9.17, 15) is 35.5 Å². The first-order chi connectivity index (χ1) is 15.0. The van der Waals surface area contributed by atoms with Crippen LogP contribution < -0.4 is 10.9 Å². The van der Waals surface area contributed by atoms with Crippen molar-refractivity contribution in [2.45, 2.75) is 9.79 Å². The van der Waals surface area contributed by atoms with Gasteiger partial charge in [0, 0.05) is 27.2 Å². The second-order valence-corrected chi connectivity index (χ2v) is 9.94. The molecule has 0 bridgehead atoms. The van der Waals surface area contributed by atoms with E-state index in [2.05, 4.69) is 9.97 Å². The molecule has 162 valence electrons. The Morgan fingerprint density at radius 2 is 1.34 bits per heavy atom. The SMILES string of the molecule is O=c1c2cc(S(=O)(=O)O)ccc2[nH]c2c(S(=O)(=O)O)c3c(=O)c4ccccc4[nH]c3cc12. The molecule has 2 heterocycles. The molecule has 0 atom stereocenters. The minimum absolute atomic E-state index is 0.00962. The second kappa shape index (κ2) is 6.46. The largest absolute Gasteiger partial charge is 0.354 e. The van der Waals surface area contributed by atoms with E-state index in [1.807, 2.05) is 0 Å². The molecule has 4 N–H and O–H groups in total. The van der Waals surface area contributed by atoms with Crippen LogP contribution in [0.3, 0.4) is 0 Å². The van der Waals surface area contributed by atoms with Crippen LogP contribution in [-0.2, 0) is 20.2 Å². The first kappa shape index (κ1) is 20.3. The average Bonchev–Trinajstić information content (AvgIpc) is 2.71. The van der Waals surface area contributed by atoms with Crippen LogP contribution in [0.4, 0.5) is 0 Å². The molecule has 0 amide bonds. The fraction of sp³-hybridized carbons (Fsp3) is 0. The van der Waals surface area contributed by atoms with Crippen LogP contribution in [-0.4, -0.2) is 35.9 Å². The van der Waals surface area contributed by atoms with Crippen LogP contribution in [0.1, 0.15) is 0 Å². The Bertz CT molecular complexity index is 1970. The fourth-order valence-corrected chi connectivity index (χ4v) is 5.26. The van der Waals surface area contributed by atoms with Gasteiger partial charge in [-0.15, -0.1) is 0 Å². The average molecular weight is 472 g/mol. The highest BCUT2D eigenvalue weighted by Gasteiger charge is 2.25. The van der Waals surface area contributed by atoms with E-state index >= 15 is 0 Å². The van der Waals surface area contributed by atoms with Gasteiger partial charge in [0.05, 0.1) is 21.3 Å². The number of fused-ring (bicyclic) bond motifs is 4. The molecule has 0 aliphatic carbocycles. The van der Waals surface area contributed by atoms with E-state index in [0.29, 0.717) is 5.52 Å². The van der Waals surface area contributed by atoms with Crippen LogP contribution in [0.25, 0.3) is 43.6 Å². The van der Waals surface area contributed by atoms with Gasteiger partial charge in [0.1, 0.15) is 4.90 Å². The van der Waals surface area contributed by atoms with Crippen LogP contribution in [0.5, 0.6) is 0 Å². The summed E-state index contributed by atoms with van der Waals surface area (Å²) in [5.41, 5.74) is -1.32. The predicted octanol–water partition coefficient (Wildman–Crippen LogP) is 2.17. The molecule has 0 saturated heterocycles. The summed E-state index contributed by atoms with van der Waals surface area (Å²) in [6, 6.07) is 10.7. The maximum atomic E-state index is 13.2. The van der Waals surface area contributed by atoms with Gasteiger partial charge in [-0.3, -0.25) is 18.7 Å². The number of benzene rings is 3. The Kier molecular flexibility index (Phi) is 4.11. The molecule has 0 saturated carbocycles. The van der Waals surface area contributed by atoms with Crippen molar-refractivity contribution in [2.75, 3.05) is 0 Å². The van der Waals surface area contributed by atoms with E-state index in [0.717, 1.165) is 12.1 Å². The quantitative estimate of drug-likeness (QED) is 0.223. The molecule has 5 aromatic rings. The third-order valence-corrected chi connectivity index (χ3v) is 7.02. The number of aromatic nitrogens is 2. The Hall–Kier alpha value is -3.58. The molecule has 2 aromatic heterocycles. The Balaban J connectivity index is 2.10. The summed E-state index contributed by atoms with van der Waals surface area (Å²) in [5, 5.41) is -0.499. The van der Waals surface area contributed by atoms with Crippen LogP contribution in [0, 0.1) is 0 Å². The third-order valence-electron chi connectivity index (χ3n) is 5.25. The molecule has 12 heteroatoms. The van der Waals surface area contributed by atoms with Gasteiger partial charge in [-0.1, -0.05) is 12.1 Å². The fourth-order valence-electron chi connectivity index (χ4n) is 3.87. The lowest BCUT2D eigenvalue weighted by Crippen LogP contribution is -2.14. The summed E-state index contributed by atoms with van der Waals surface area (Å²) in [4.78, 5) is 30.6. The zero-order chi connectivity index (χ0) is 23.0. The summed E-state index contributed by atoms with van der Waals surface area (Å²) in [6.45, 7) is 0. The summed E-state index contributed by atoms with van der Waals surface area (Å²) < 4.78 is 66.9. The van der Waals surface area contributed by atoms with Gasteiger partial charge in [0.25, 0.3) is 20.2 Å². The number of pyridine rings is 2. The number of H-pyrrole nitrogens is 2. The molecule has 0 fully saturated rings. The molecule has 32 heavy (non-hydrogen) atoms. The molecule has 0 spiro atoms. The van der Waals surface area contributed by atoms with Gasteiger partial charge in [0.2, 0.25) is 0 Å². The molecule has 0 aliphatic heterocycles. The lowest BCUT2D eigenvalue weighted by atomic mass is 10.1. The molecule has 0 aliphatic rings. The molecule has 0 radical (unpaired) electrons. The van der Waals surface area contributed by atoms with Crippen LogP contribution in [0.15, 0.2) is 67.9 Å². The zero-order valence-corrected chi connectivity index (χ0v) is 17.4. The van der Waals surface area contributed by atoms with Crippen LogP contribution >= 0.6 is 0 Å². The van der Waals surface area contributed by atoms with Gasteiger partial charge >= 0.3 is 0 Å². The van der Waals surface area contributed by atoms with Crippen molar-refractivity contribution in [1.29, 1.82) is 0 Å². The molecular formula is C20H12N2O8S2. The van der Waals surface area contributed by atoms with Gasteiger partial charge in [0.15, 0.2) is 10.9 Å². The number of hydrogen-bond acceptors (Lipinski definition) is 6.